The number of carboxylic acid groups (broad SMARTS) is 1. The lowest BCUT2D eigenvalue weighted by molar-refractivity contribution is -0.148. The first-order chi connectivity index (χ1) is 8.99. The number of hydrogen-bond donors (Lipinski definition) is 2. The molecule has 1 fully saturated rings. The summed E-state index contributed by atoms with van der Waals surface area (Å²) >= 11 is 0. The van der Waals surface area contributed by atoms with Gasteiger partial charge in [0.15, 0.2) is 0 Å². The van der Waals surface area contributed by atoms with E-state index in [4.69, 9.17) is 5.11 Å². The SMILES string of the molecule is Cc1ccccc1CC(=O)N1C[C@@H](O)C[C@H]1C(=O)O. The highest BCUT2D eigenvalue weighted by Gasteiger charge is 2.38. The van der Waals surface area contributed by atoms with E-state index in [1.165, 1.54) is 4.90 Å². The van der Waals surface area contributed by atoms with Crippen LogP contribution in [0.5, 0.6) is 0 Å². The molecule has 1 aromatic carbocycles. The first-order valence-corrected chi connectivity index (χ1v) is 6.24. The number of aliphatic carboxylic acids is 1. The predicted molar refractivity (Wildman–Crippen MR) is 68.6 cm³/mol. The van der Waals surface area contributed by atoms with Crippen LogP contribution in [0.1, 0.15) is 17.5 Å². The average Bonchev–Trinajstić information content (AvgIpc) is 2.74. The number of aryl methyl sites for hydroxylation is 1. The van der Waals surface area contributed by atoms with Crippen molar-refractivity contribution in [2.75, 3.05) is 6.54 Å². The number of benzene rings is 1. The summed E-state index contributed by atoms with van der Waals surface area (Å²) in [6, 6.07) is 6.60. The minimum Gasteiger partial charge on any atom is -0.480 e. The monoisotopic (exact) mass is 263 g/mol. The highest BCUT2D eigenvalue weighted by Crippen LogP contribution is 2.20. The van der Waals surface area contributed by atoms with Crippen LogP contribution in [0.2, 0.25) is 0 Å². The summed E-state index contributed by atoms with van der Waals surface area (Å²) in [5.41, 5.74) is 1.89. The Kier molecular flexibility index (Phi) is 3.85. The maximum atomic E-state index is 12.2. The minimum absolute atomic E-state index is 0.0989. The predicted octanol–water partition coefficient (Wildman–Crippen LogP) is 0.584. The van der Waals surface area contributed by atoms with E-state index in [-0.39, 0.29) is 25.3 Å². The summed E-state index contributed by atoms with van der Waals surface area (Å²) in [4.78, 5) is 24.5. The number of β-amino-alcohol motifs (C(OH)–C–C–N with tert-alkyl or cyclic N) is 1. The number of amides is 1. The van der Waals surface area contributed by atoms with E-state index in [0.717, 1.165) is 11.1 Å². The number of nitrogens with zero attached hydrogens (tertiary/aromatic N) is 1. The molecule has 1 amide bonds. The smallest absolute Gasteiger partial charge is 0.326 e. The Hall–Kier alpha value is -1.88. The Morgan fingerprint density at radius 2 is 2.05 bits per heavy atom. The fraction of sp³-hybridized carbons (Fsp3) is 0.429. The lowest BCUT2D eigenvalue weighted by Gasteiger charge is -2.21. The van der Waals surface area contributed by atoms with Gasteiger partial charge in [0.2, 0.25) is 5.91 Å². The molecule has 2 atom stereocenters. The molecule has 2 rings (SSSR count). The van der Waals surface area contributed by atoms with Crippen molar-refractivity contribution in [3.63, 3.8) is 0 Å². The van der Waals surface area contributed by atoms with Gasteiger partial charge in [-0.1, -0.05) is 24.3 Å². The maximum Gasteiger partial charge on any atom is 0.326 e. The molecule has 19 heavy (non-hydrogen) atoms. The van der Waals surface area contributed by atoms with E-state index in [0.29, 0.717) is 0 Å². The van der Waals surface area contributed by atoms with Gasteiger partial charge < -0.3 is 15.1 Å². The number of hydrogen-bond acceptors (Lipinski definition) is 3. The Morgan fingerprint density at radius 3 is 2.68 bits per heavy atom. The van der Waals surface area contributed by atoms with Crippen LogP contribution in [0.3, 0.4) is 0 Å². The molecule has 0 aromatic heterocycles. The molecular formula is C14H17NO4. The van der Waals surface area contributed by atoms with Crippen molar-refractivity contribution < 1.29 is 19.8 Å². The van der Waals surface area contributed by atoms with Gasteiger partial charge in [-0.2, -0.15) is 0 Å². The Bertz CT molecular complexity index is 500. The zero-order chi connectivity index (χ0) is 14.0. The zero-order valence-electron chi connectivity index (χ0n) is 10.7. The Labute approximate surface area is 111 Å². The average molecular weight is 263 g/mol. The second-order valence-electron chi connectivity index (χ2n) is 4.89. The summed E-state index contributed by atoms with van der Waals surface area (Å²) in [5.74, 6) is -1.31. The number of rotatable bonds is 3. The molecule has 0 saturated carbocycles. The van der Waals surface area contributed by atoms with Gasteiger partial charge in [0.05, 0.1) is 12.5 Å². The third-order valence-electron chi connectivity index (χ3n) is 3.49. The van der Waals surface area contributed by atoms with E-state index in [1.807, 2.05) is 31.2 Å². The number of carboxylic acids is 1. The molecule has 0 unspecified atom stereocenters. The number of carbonyl (C=O) groups excluding carboxylic acids is 1. The first kappa shape index (κ1) is 13.5. The van der Waals surface area contributed by atoms with E-state index in [2.05, 4.69) is 0 Å². The number of aliphatic hydroxyl groups excluding tert-OH is 1. The molecule has 1 saturated heterocycles. The second kappa shape index (κ2) is 5.40. The van der Waals surface area contributed by atoms with Crippen molar-refractivity contribution >= 4 is 11.9 Å². The molecule has 5 nitrogen and oxygen atoms in total. The topological polar surface area (TPSA) is 77.8 Å². The molecule has 1 heterocycles. The van der Waals surface area contributed by atoms with Crippen LogP contribution in [0.4, 0.5) is 0 Å². The fourth-order valence-electron chi connectivity index (χ4n) is 2.40. The van der Waals surface area contributed by atoms with Gasteiger partial charge in [0.25, 0.3) is 0 Å². The van der Waals surface area contributed by atoms with Gasteiger partial charge in [0.1, 0.15) is 6.04 Å². The molecule has 1 aliphatic rings. The first-order valence-electron chi connectivity index (χ1n) is 6.24. The maximum absolute atomic E-state index is 12.2. The highest BCUT2D eigenvalue weighted by molar-refractivity contribution is 5.85. The minimum atomic E-state index is -1.06. The van der Waals surface area contributed by atoms with Crippen molar-refractivity contribution in [2.45, 2.75) is 31.9 Å². The number of likely N-dealkylation sites (tertiary alicyclic amines) is 1. The fourth-order valence-corrected chi connectivity index (χ4v) is 2.40. The molecular weight excluding hydrogens is 246 g/mol. The summed E-state index contributed by atoms with van der Waals surface area (Å²) in [6.07, 6.45) is -0.472. The van der Waals surface area contributed by atoms with Crippen LogP contribution in [-0.2, 0) is 16.0 Å². The van der Waals surface area contributed by atoms with Crippen molar-refractivity contribution in [3.8, 4) is 0 Å². The summed E-state index contributed by atoms with van der Waals surface area (Å²) in [6.45, 7) is 2.01. The van der Waals surface area contributed by atoms with Crippen molar-refractivity contribution in [1.82, 2.24) is 4.90 Å². The summed E-state index contributed by atoms with van der Waals surface area (Å²) in [5, 5.41) is 18.6. The van der Waals surface area contributed by atoms with Crippen molar-refractivity contribution in [1.29, 1.82) is 0 Å². The third-order valence-corrected chi connectivity index (χ3v) is 3.49. The normalized spacial score (nSPS) is 22.5. The second-order valence-corrected chi connectivity index (χ2v) is 4.89. The standard InChI is InChI=1S/C14H17NO4/c1-9-4-2-3-5-10(9)6-13(17)15-8-11(16)7-12(15)14(18)19/h2-5,11-12,16H,6-8H2,1H3,(H,18,19)/t11-,12-/m0/s1. The summed E-state index contributed by atoms with van der Waals surface area (Å²) in [7, 11) is 0. The van der Waals surface area contributed by atoms with Crippen molar-refractivity contribution in [2.24, 2.45) is 0 Å². The lowest BCUT2D eigenvalue weighted by atomic mass is 10.1. The van der Waals surface area contributed by atoms with Crippen LogP contribution in [-0.4, -0.2) is 45.7 Å². The van der Waals surface area contributed by atoms with E-state index in [9.17, 15) is 14.7 Å². The number of carbonyl (C=O) groups is 2. The molecule has 0 radical (unpaired) electrons. The van der Waals surface area contributed by atoms with Crippen LogP contribution in [0.15, 0.2) is 24.3 Å². The molecule has 2 N–H and O–H groups in total. The van der Waals surface area contributed by atoms with E-state index in [1.54, 1.807) is 0 Å². The van der Waals surface area contributed by atoms with Gasteiger partial charge in [-0.15, -0.1) is 0 Å². The molecule has 102 valence electrons. The summed E-state index contributed by atoms with van der Waals surface area (Å²) < 4.78 is 0. The van der Waals surface area contributed by atoms with Gasteiger partial charge in [-0.3, -0.25) is 4.79 Å². The largest absolute Gasteiger partial charge is 0.480 e. The highest BCUT2D eigenvalue weighted by atomic mass is 16.4. The quantitative estimate of drug-likeness (QED) is 0.836. The molecule has 0 aliphatic carbocycles. The van der Waals surface area contributed by atoms with Crippen LogP contribution >= 0.6 is 0 Å². The molecule has 1 aromatic rings. The van der Waals surface area contributed by atoms with Gasteiger partial charge in [0, 0.05) is 13.0 Å². The van der Waals surface area contributed by atoms with Crippen LogP contribution in [0.25, 0.3) is 0 Å². The van der Waals surface area contributed by atoms with E-state index >= 15 is 0 Å². The van der Waals surface area contributed by atoms with Gasteiger partial charge in [-0.05, 0) is 18.1 Å². The number of aliphatic hydroxyl groups is 1. The molecule has 1 aliphatic heterocycles. The van der Waals surface area contributed by atoms with Crippen LogP contribution in [0, 0.1) is 6.92 Å². The van der Waals surface area contributed by atoms with Crippen LogP contribution < -0.4 is 0 Å². The Balaban J connectivity index is 2.11. The Morgan fingerprint density at radius 1 is 1.37 bits per heavy atom. The molecule has 0 spiro atoms. The van der Waals surface area contributed by atoms with Gasteiger partial charge in [-0.25, -0.2) is 4.79 Å². The molecule has 0 bridgehead atoms. The molecule has 5 heteroatoms. The lowest BCUT2D eigenvalue weighted by Crippen LogP contribution is -2.41. The third kappa shape index (κ3) is 2.93. The van der Waals surface area contributed by atoms with Gasteiger partial charge >= 0.3 is 5.97 Å². The van der Waals surface area contributed by atoms with Crippen molar-refractivity contribution in [3.05, 3.63) is 35.4 Å². The zero-order valence-corrected chi connectivity index (χ0v) is 10.7. The van der Waals surface area contributed by atoms with E-state index < -0.39 is 18.1 Å².